The van der Waals surface area contributed by atoms with Gasteiger partial charge in [-0.25, -0.2) is 4.39 Å². The maximum Gasteiger partial charge on any atom is 0.240 e. The molecule has 1 aromatic heterocycles. The molecular weight excluding hydrogens is 579 g/mol. The number of halogens is 1. The molecule has 2 amide bonds. The zero-order chi connectivity index (χ0) is 31.6. The Labute approximate surface area is 260 Å². The quantitative estimate of drug-likeness (QED) is 0.158. The molecule has 4 aromatic rings. The van der Waals surface area contributed by atoms with Crippen LogP contribution in [0.5, 0.6) is 28.7 Å². The summed E-state index contributed by atoms with van der Waals surface area (Å²) in [6, 6.07) is 14.8. The van der Waals surface area contributed by atoms with Gasteiger partial charge in [0.15, 0.2) is 23.1 Å². The molecule has 1 aliphatic heterocycles. The molecule has 0 spiro atoms. The number of carbonyl (C=O) groups excluding carboxylic acids is 2. The Morgan fingerprint density at radius 2 is 1.60 bits per heavy atom. The third kappa shape index (κ3) is 6.48. The number of nitrogens with zero attached hydrogens (tertiary/aromatic N) is 2. The first-order chi connectivity index (χ1) is 21.7. The van der Waals surface area contributed by atoms with Crippen LogP contribution in [-0.4, -0.2) is 62.2 Å². The van der Waals surface area contributed by atoms with E-state index in [2.05, 4.69) is 20.5 Å². The van der Waals surface area contributed by atoms with Crippen molar-refractivity contribution in [2.24, 2.45) is 5.41 Å². The third-order valence-corrected chi connectivity index (χ3v) is 7.79. The first kappa shape index (κ1) is 30.1. The summed E-state index contributed by atoms with van der Waals surface area (Å²) < 4.78 is 39.3. The van der Waals surface area contributed by atoms with E-state index in [-0.39, 0.29) is 17.3 Å². The van der Waals surface area contributed by atoms with Gasteiger partial charge in [0.25, 0.3) is 0 Å². The minimum atomic E-state index is -1.19. The molecular formula is C34H35FN4O6. The van der Waals surface area contributed by atoms with E-state index in [0.717, 1.165) is 18.5 Å². The second-order valence-electron chi connectivity index (χ2n) is 11.5. The number of benzene rings is 3. The predicted octanol–water partition coefficient (Wildman–Crippen LogP) is 5.93. The van der Waals surface area contributed by atoms with Gasteiger partial charge >= 0.3 is 0 Å². The first-order valence-corrected chi connectivity index (χ1v) is 14.9. The number of hydrogen-bond donors (Lipinski definition) is 2. The molecule has 2 heterocycles. The molecule has 11 heteroatoms. The van der Waals surface area contributed by atoms with E-state index < -0.39 is 17.1 Å². The Kier molecular flexibility index (Phi) is 8.44. The smallest absolute Gasteiger partial charge is 0.240 e. The lowest BCUT2D eigenvalue weighted by Gasteiger charge is -2.23. The maximum absolute atomic E-state index is 15.4. The molecule has 2 aliphatic rings. The highest BCUT2D eigenvalue weighted by Crippen LogP contribution is 2.49. The number of carbonyl (C=O) groups is 2. The van der Waals surface area contributed by atoms with Crippen LogP contribution in [0, 0.1) is 18.2 Å². The van der Waals surface area contributed by atoms with Crippen molar-refractivity contribution in [3.63, 3.8) is 0 Å². The van der Waals surface area contributed by atoms with Gasteiger partial charge < -0.3 is 34.5 Å². The average Bonchev–Trinajstić information content (AvgIpc) is 3.84. The second kappa shape index (κ2) is 12.6. The van der Waals surface area contributed by atoms with E-state index in [9.17, 15) is 9.59 Å². The van der Waals surface area contributed by atoms with E-state index in [4.69, 9.17) is 18.9 Å². The number of aromatic nitrogens is 1. The van der Waals surface area contributed by atoms with Crippen LogP contribution in [0.15, 0.2) is 60.8 Å². The molecule has 0 saturated heterocycles. The largest absolute Gasteiger partial charge is 0.489 e. The zero-order valence-corrected chi connectivity index (χ0v) is 25.4. The lowest BCUT2D eigenvalue weighted by Crippen LogP contribution is -2.35. The molecule has 1 fully saturated rings. The highest BCUT2D eigenvalue weighted by Gasteiger charge is 2.56. The van der Waals surface area contributed by atoms with Crippen LogP contribution in [0.1, 0.15) is 24.8 Å². The zero-order valence-electron chi connectivity index (χ0n) is 25.4. The highest BCUT2D eigenvalue weighted by atomic mass is 19.1. The summed E-state index contributed by atoms with van der Waals surface area (Å²) in [6.45, 7) is 4.00. The molecule has 0 unspecified atom stereocenters. The fourth-order valence-corrected chi connectivity index (χ4v) is 5.13. The standard InChI is InChI=1S/C34H35FN4O6/c1-21-5-7-22(8-6-21)37-32(40)34(12-13-34)33(41)38-23-9-10-26(24(35)19-23)45-27-11-14-36-25-20-28(42-16-4-15-39(2)3)30-31(29(25)27)44-18-17-43-30/h5-11,14,19-20H,4,12-13,15-18H2,1-3H3,(H,37,40)(H,38,41). The summed E-state index contributed by atoms with van der Waals surface area (Å²) >= 11 is 0. The highest BCUT2D eigenvalue weighted by molar-refractivity contribution is 6.16. The third-order valence-electron chi connectivity index (χ3n) is 7.79. The number of rotatable bonds is 11. The monoisotopic (exact) mass is 614 g/mol. The van der Waals surface area contributed by atoms with Crippen LogP contribution >= 0.6 is 0 Å². The molecule has 1 aliphatic carbocycles. The Bertz CT molecular complexity index is 1740. The van der Waals surface area contributed by atoms with Crippen LogP contribution in [-0.2, 0) is 9.59 Å². The van der Waals surface area contributed by atoms with Crippen LogP contribution in [0.4, 0.5) is 15.8 Å². The molecule has 45 heavy (non-hydrogen) atoms. The van der Waals surface area contributed by atoms with Gasteiger partial charge in [-0.15, -0.1) is 0 Å². The Balaban J connectivity index is 1.18. The summed E-state index contributed by atoms with van der Waals surface area (Å²) in [7, 11) is 4.01. The summed E-state index contributed by atoms with van der Waals surface area (Å²) in [5.74, 6) is 0.0955. The summed E-state index contributed by atoms with van der Waals surface area (Å²) in [5.41, 5.74) is 1.24. The molecule has 2 N–H and O–H groups in total. The summed E-state index contributed by atoms with van der Waals surface area (Å²) in [4.78, 5) is 32.6. The van der Waals surface area contributed by atoms with Crippen molar-refractivity contribution in [2.45, 2.75) is 26.2 Å². The minimum absolute atomic E-state index is 0.0618. The summed E-state index contributed by atoms with van der Waals surface area (Å²) in [6.07, 6.45) is 3.21. The molecule has 1 saturated carbocycles. The van der Waals surface area contributed by atoms with Crippen molar-refractivity contribution in [1.29, 1.82) is 0 Å². The van der Waals surface area contributed by atoms with E-state index in [1.165, 1.54) is 18.2 Å². The Hall–Kier alpha value is -4.90. The molecule has 0 bridgehead atoms. The second-order valence-corrected chi connectivity index (χ2v) is 11.5. The van der Waals surface area contributed by atoms with Crippen LogP contribution in [0.25, 0.3) is 10.9 Å². The molecule has 3 aromatic carbocycles. The van der Waals surface area contributed by atoms with Crippen LogP contribution < -0.4 is 29.6 Å². The SMILES string of the molecule is Cc1ccc(NC(=O)C2(C(=O)Nc3ccc(Oc4ccnc5cc(OCCCN(C)C)c6c(c45)OCCO6)c(F)c3)CC2)cc1. The molecule has 0 atom stereocenters. The molecule has 0 radical (unpaired) electrons. The number of anilines is 2. The van der Waals surface area contributed by atoms with Crippen molar-refractivity contribution in [3.05, 3.63) is 72.2 Å². The van der Waals surface area contributed by atoms with E-state index in [1.807, 2.05) is 33.2 Å². The topological polar surface area (TPSA) is 111 Å². The summed E-state index contributed by atoms with van der Waals surface area (Å²) in [5, 5.41) is 6.04. The van der Waals surface area contributed by atoms with Crippen LogP contribution in [0.2, 0.25) is 0 Å². The predicted molar refractivity (Wildman–Crippen MR) is 168 cm³/mol. The minimum Gasteiger partial charge on any atom is -0.489 e. The number of ether oxygens (including phenoxy) is 4. The number of pyridine rings is 1. The first-order valence-electron chi connectivity index (χ1n) is 14.9. The average molecular weight is 615 g/mol. The molecule has 234 valence electrons. The van der Waals surface area contributed by atoms with Crippen molar-refractivity contribution < 1.29 is 32.9 Å². The normalized spacial score (nSPS) is 14.6. The van der Waals surface area contributed by atoms with Crippen LogP contribution in [0.3, 0.4) is 0 Å². The van der Waals surface area contributed by atoms with Gasteiger partial charge in [-0.2, -0.15) is 0 Å². The van der Waals surface area contributed by atoms with Gasteiger partial charge in [0.1, 0.15) is 24.4 Å². The fourth-order valence-electron chi connectivity index (χ4n) is 5.13. The van der Waals surface area contributed by atoms with Gasteiger partial charge in [-0.05, 0) is 70.6 Å². The maximum atomic E-state index is 15.4. The van der Waals surface area contributed by atoms with E-state index in [0.29, 0.717) is 72.3 Å². The number of amides is 2. The van der Waals surface area contributed by atoms with Crippen molar-refractivity contribution in [1.82, 2.24) is 9.88 Å². The van der Waals surface area contributed by atoms with Crippen molar-refractivity contribution in [2.75, 3.05) is 51.1 Å². The van der Waals surface area contributed by atoms with E-state index >= 15 is 4.39 Å². The number of fused-ring (bicyclic) bond motifs is 3. The van der Waals surface area contributed by atoms with Gasteiger partial charge in [0, 0.05) is 36.2 Å². The van der Waals surface area contributed by atoms with Crippen molar-refractivity contribution >= 4 is 34.1 Å². The molecule has 6 rings (SSSR count). The number of nitrogens with one attached hydrogen (secondary N) is 2. The van der Waals surface area contributed by atoms with E-state index in [1.54, 1.807) is 30.5 Å². The van der Waals surface area contributed by atoms with Gasteiger partial charge in [0.05, 0.1) is 17.5 Å². The van der Waals surface area contributed by atoms with Gasteiger partial charge in [-0.3, -0.25) is 14.6 Å². The van der Waals surface area contributed by atoms with Gasteiger partial charge in [0.2, 0.25) is 17.6 Å². The van der Waals surface area contributed by atoms with Gasteiger partial charge in [-0.1, -0.05) is 17.7 Å². The van der Waals surface area contributed by atoms with Crippen molar-refractivity contribution in [3.8, 4) is 28.7 Å². The fraction of sp³-hybridized carbons (Fsp3) is 0.324. The number of hydrogen-bond acceptors (Lipinski definition) is 8. The Morgan fingerprint density at radius 3 is 2.29 bits per heavy atom. The lowest BCUT2D eigenvalue weighted by atomic mass is 10.0. The lowest BCUT2D eigenvalue weighted by molar-refractivity contribution is -0.131. The molecule has 10 nitrogen and oxygen atoms in total. The Morgan fingerprint density at radius 1 is 0.911 bits per heavy atom. The number of aryl methyl sites for hydroxylation is 1.